The Kier molecular flexibility index (Phi) is 7.15. The molecule has 0 spiro atoms. The van der Waals surface area contributed by atoms with Gasteiger partial charge in [0.1, 0.15) is 5.82 Å². The SMILES string of the molecule is CC(C)c1c(F)c(C(C)C)c(C(C)O)c(-c2ccccc2)c1Cc1cc(C(F)(F)F)cs1. The first-order valence-electron chi connectivity index (χ1n) is 10.7. The van der Waals surface area contributed by atoms with Crippen LogP contribution in [0.5, 0.6) is 0 Å². The van der Waals surface area contributed by atoms with Crippen molar-refractivity contribution in [3.05, 3.63) is 80.3 Å². The van der Waals surface area contributed by atoms with E-state index in [-0.39, 0.29) is 24.1 Å². The zero-order valence-corrected chi connectivity index (χ0v) is 19.7. The topological polar surface area (TPSA) is 20.2 Å². The highest BCUT2D eigenvalue weighted by atomic mass is 32.1. The van der Waals surface area contributed by atoms with E-state index in [1.807, 2.05) is 58.0 Å². The van der Waals surface area contributed by atoms with Gasteiger partial charge in [-0.05, 0) is 58.2 Å². The minimum absolute atomic E-state index is 0.160. The molecule has 1 heterocycles. The van der Waals surface area contributed by atoms with Crippen molar-refractivity contribution >= 4 is 11.3 Å². The fraction of sp³-hybridized carbons (Fsp3) is 0.385. The molecule has 1 atom stereocenters. The van der Waals surface area contributed by atoms with Crippen LogP contribution in [0.2, 0.25) is 0 Å². The second-order valence-electron chi connectivity index (χ2n) is 8.74. The van der Waals surface area contributed by atoms with Crippen molar-refractivity contribution in [1.29, 1.82) is 0 Å². The molecule has 0 saturated carbocycles. The number of rotatable bonds is 6. The Morgan fingerprint density at radius 2 is 1.50 bits per heavy atom. The smallest absolute Gasteiger partial charge is 0.389 e. The summed E-state index contributed by atoms with van der Waals surface area (Å²) in [5.41, 5.74) is 2.95. The van der Waals surface area contributed by atoms with E-state index in [1.165, 1.54) is 0 Å². The highest BCUT2D eigenvalue weighted by Gasteiger charge is 2.33. The Bertz CT molecular complexity index is 1080. The molecule has 0 aliphatic carbocycles. The lowest BCUT2D eigenvalue weighted by atomic mass is 9.78. The van der Waals surface area contributed by atoms with Gasteiger partial charge >= 0.3 is 6.18 Å². The highest BCUT2D eigenvalue weighted by molar-refractivity contribution is 7.10. The highest BCUT2D eigenvalue weighted by Crippen LogP contribution is 2.45. The largest absolute Gasteiger partial charge is 0.417 e. The van der Waals surface area contributed by atoms with Gasteiger partial charge in [0.05, 0.1) is 11.7 Å². The lowest BCUT2D eigenvalue weighted by Crippen LogP contribution is -2.14. The molecule has 1 N–H and O–H groups in total. The van der Waals surface area contributed by atoms with Crippen LogP contribution in [-0.2, 0) is 12.6 Å². The van der Waals surface area contributed by atoms with E-state index in [1.54, 1.807) is 6.92 Å². The molecule has 2 aromatic carbocycles. The average Bonchev–Trinajstić information content (AvgIpc) is 3.16. The fourth-order valence-electron chi connectivity index (χ4n) is 4.34. The summed E-state index contributed by atoms with van der Waals surface area (Å²) in [7, 11) is 0. The van der Waals surface area contributed by atoms with Crippen LogP contribution >= 0.6 is 11.3 Å². The van der Waals surface area contributed by atoms with Crippen molar-refractivity contribution in [1.82, 2.24) is 0 Å². The zero-order chi connectivity index (χ0) is 23.8. The molecule has 1 unspecified atom stereocenters. The van der Waals surface area contributed by atoms with E-state index >= 15 is 4.39 Å². The molecule has 1 aromatic heterocycles. The van der Waals surface area contributed by atoms with Crippen LogP contribution < -0.4 is 0 Å². The fourth-order valence-corrected chi connectivity index (χ4v) is 5.25. The van der Waals surface area contributed by atoms with Gasteiger partial charge in [-0.25, -0.2) is 4.39 Å². The number of hydrogen-bond acceptors (Lipinski definition) is 2. The maximum Gasteiger partial charge on any atom is 0.417 e. The number of aliphatic hydroxyl groups excluding tert-OH is 1. The third-order valence-electron chi connectivity index (χ3n) is 5.63. The Hall–Kier alpha value is -2.18. The first kappa shape index (κ1) is 24.5. The Balaban J connectivity index is 2.39. The summed E-state index contributed by atoms with van der Waals surface area (Å²) in [6.07, 6.45) is -5.20. The van der Waals surface area contributed by atoms with Crippen molar-refractivity contribution in [2.75, 3.05) is 0 Å². The van der Waals surface area contributed by atoms with E-state index in [9.17, 15) is 18.3 Å². The van der Waals surface area contributed by atoms with Crippen LogP contribution in [0.1, 0.15) is 85.3 Å². The molecule has 6 heteroatoms. The number of aliphatic hydroxyl groups is 1. The van der Waals surface area contributed by atoms with Crippen molar-refractivity contribution in [2.24, 2.45) is 0 Å². The minimum atomic E-state index is -4.42. The molecule has 1 nitrogen and oxygen atoms in total. The van der Waals surface area contributed by atoms with Gasteiger partial charge in [0.2, 0.25) is 0 Å². The first-order valence-corrected chi connectivity index (χ1v) is 11.6. The van der Waals surface area contributed by atoms with Gasteiger partial charge in [0, 0.05) is 16.7 Å². The van der Waals surface area contributed by atoms with Crippen LogP contribution in [0.15, 0.2) is 41.8 Å². The molecule has 0 amide bonds. The number of thiophene rings is 1. The summed E-state index contributed by atoms with van der Waals surface area (Å²) >= 11 is 1.02. The van der Waals surface area contributed by atoms with E-state index in [4.69, 9.17) is 0 Å². The number of hydrogen-bond donors (Lipinski definition) is 1. The molecular weight excluding hydrogens is 436 g/mol. The van der Waals surface area contributed by atoms with Crippen LogP contribution in [0.4, 0.5) is 17.6 Å². The Morgan fingerprint density at radius 1 is 0.906 bits per heavy atom. The normalized spacial score (nSPS) is 13.2. The molecule has 0 saturated heterocycles. The first-order chi connectivity index (χ1) is 14.9. The van der Waals surface area contributed by atoms with Gasteiger partial charge in [-0.3, -0.25) is 0 Å². The third-order valence-corrected chi connectivity index (χ3v) is 6.56. The van der Waals surface area contributed by atoms with Gasteiger partial charge in [0.25, 0.3) is 0 Å². The summed E-state index contributed by atoms with van der Waals surface area (Å²) in [6.45, 7) is 9.16. The van der Waals surface area contributed by atoms with Crippen molar-refractivity contribution in [2.45, 2.75) is 65.2 Å². The van der Waals surface area contributed by atoms with E-state index in [2.05, 4.69) is 0 Å². The van der Waals surface area contributed by atoms with E-state index < -0.39 is 17.8 Å². The monoisotopic (exact) mass is 464 g/mol. The van der Waals surface area contributed by atoms with Crippen molar-refractivity contribution < 1.29 is 22.7 Å². The van der Waals surface area contributed by atoms with Crippen LogP contribution in [0.3, 0.4) is 0 Å². The molecule has 32 heavy (non-hydrogen) atoms. The van der Waals surface area contributed by atoms with Crippen molar-refractivity contribution in [3.8, 4) is 11.1 Å². The molecule has 3 aromatic rings. The summed E-state index contributed by atoms with van der Waals surface area (Å²) in [5, 5.41) is 11.8. The van der Waals surface area contributed by atoms with Crippen LogP contribution in [0.25, 0.3) is 11.1 Å². The van der Waals surface area contributed by atoms with Crippen LogP contribution in [0, 0.1) is 5.82 Å². The Labute approximate surface area is 190 Å². The van der Waals surface area contributed by atoms with Crippen molar-refractivity contribution in [3.63, 3.8) is 0 Å². The number of benzene rings is 2. The molecular formula is C26H28F4OS. The van der Waals surface area contributed by atoms with Gasteiger partial charge in [-0.15, -0.1) is 11.3 Å². The van der Waals surface area contributed by atoms with Crippen LogP contribution in [-0.4, -0.2) is 5.11 Å². The van der Waals surface area contributed by atoms with Gasteiger partial charge in [-0.1, -0.05) is 58.0 Å². The molecule has 3 rings (SSSR count). The summed E-state index contributed by atoms with van der Waals surface area (Å²) in [6, 6.07) is 10.5. The second kappa shape index (κ2) is 9.36. The summed E-state index contributed by atoms with van der Waals surface area (Å²) in [4.78, 5) is 0.504. The van der Waals surface area contributed by atoms with E-state index in [0.717, 1.165) is 33.9 Å². The maximum atomic E-state index is 16.0. The lowest BCUT2D eigenvalue weighted by molar-refractivity contribution is -0.137. The predicted octanol–water partition coefficient (Wildman–Crippen LogP) is 8.46. The molecule has 172 valence electrons. The average molecular weight is 465 g/mol. The Morgan fingerprint density at radius 3 is 1.97 bits per heavy atom. The molecule has 0 radical (unpaired) electrons. The molecule has 0 fully saturated rings. The maximum absolute atomic E-state index is 16.0. The number of halogens is 4. The zero-order valence-electron chi connectivity index (χ0n) is 18.8. The van der Waals surface area contributed by atoms with Gasteiger partial charge < -0.3 is 5.11 Å². The van der Waals surface area contributed by atoms with E-state index in [0.29, 0.717) is 27.1 Å². The lowest BCUT2D eigenvalue weighted by Gasteiger charge is -2.28. The molecule has 0 bridgehead atoms. The number of alkyl halides is 3. The summed E-state index contributed by atoms with van der Waals surface area (Å²) in [5.74, 6) is -0.726. The third kappa shape index (κ3) is 4.76. The second-order valence-corrected chi connectivity index (χ2v) is 9.73. The quantitative estimate of drug-likeness (QED) is 0.363. The van der Waals surface area contributed by atoms with Gasteiger partial charge in [-0.2, -0.15) is 13.2 Å². The standard InChI is InChI=1S/C26H28F4OS/c1-14(2)21-20(12-19-11-18(13-32-19)26(28,29)30)24(17-9-7-6-8-10-17)23(16(5)31)22(15(3)4)25(21)27/h6-11,13-16,31H,12H2,1-5H3. The van der Waals surface area contributed by atoms with Gasteiger partial charge in [0.15, 0.2) is 0 Å². The predicted molar refractivity (Wildman–Crippen MR) is 123 cm³/mol. The minimum Gasteiger partial charge on any atom is -0.389 e. The molecule has 0 aliphatic heterocycles. The molecule has 0 aliphatic rings. The summed E-state index contributed by atoms with van der Waals surface area (Å²) < 4.78 is 55.5.